The summed E-state index contributed by atoms with van der Waals surface area (Å²) in [4.78, 5) is 24.6. The highest BCUT2D eigenvalue weighted by Gasteiger charge is 2.44. The maximum absolute atomic E-state index is 13.0. The summed E-state index contributed by atoms with van der Waals surface area (Å²) in [7, 11) is 0. The molecule has 0 aliphatic heterocycles. The van der Waals surface area contributed by atoms with E-state index in [-0.39, 0.29) is 11.6 Å². The summed E-state index contributed by atoms with van der Waals surface area (Å²) in [5.74, 6) is -6.91. The van der Waals surface area contributed by atoms with Crippen molar-refractivity contribution in [3.63, 3.8) is 0 Å². The van der Waals surface area contributed by atoms with Crippen LogP contribution in [0.25, 0.3) is 0 Å². The van der Waals surface area contributed by atoms with Crippen LogP contribution in [-0.4, -0.2) is 46.8 Å². The summed E-state index contributed by atoms with van der Waals surface area (Å²) in [6, 6.07) is 0. The quantitative estimate of drug-likeness (QED) is 0.293. The molecular weight excluding hydrogens is 410 g/mol. The molecule has 0 bridgehead atoms. The van der Waals surface area contributed by atoms with Crippen LogP contribution in [0.15, 0.2) is 4.34 Å². The molecule has 1 aromatic heterocycles. The van der Waals surface area contributed by atoms with Gasteiger partial charge in [-0.2, -0.15) is 8.78 Å². The molecule has 12 heteroatoms. The molecule has 1 saturated carbocycles. The third-order valence-corrected chi connectivity index (χ3v) is 5.89. The lowest BCUT2D eigenvalue weighted by molar-refractivity contribution is -0.184. The van der Waals surface area contributed by atoms with E-state index in [2.05, 4.69) is 20.3 Å². The molecule has 1 amide bonds. The van der Waals surface area contributed by atoms with Crippen molar-refractivity contribution in [2.75, 3.05) is 17.7 Å². The van der Waals surface area contributed by atoms with Gasteiger partial charge in [0.25, 0.3) is 0 Å². The summed E-state index contributed by atoms with van der Waals surface area (Å²) >= 11 is 2.65. The molecule has 152 valence electrons. The molecule has 1 fully saturated rings. The van der Waals surface area contributed by atoms with Crippen molar-refractivity contribution in [3.8, 4) is 0 Å². The number of thioether (sulfide) groups is 1. The number of aromatic nitrogens is 2. The smallest absolute Gasteiger partial charge is 0.340 e. The second-order valence-electron chi connectivity index (χ2n) is 5.96. The van der Waals surface area contributed by atoms with Crippen molar-refractivity contribution in [1.29, 1.82) is 0 Å². The summed E-state index contributed by atoms with van der Waals surface area (Å²) in [6.07, 6.45) is -1.99. The predicted molar refractivity (Wildman–Crippen MR) is 92.3 cm³/mol. The number of alkyl halides is 4. The van der Waals surface area contributed by atoms with E-state index in [1.165, 1.54) is 23.1 Å². The number of nitrogens with zero attached hydrogens (tertiary/aromatic N) is 2. The number of rotatable bonds is 8. The molecule has 6 nitrogen and oxygen atoms in total. The van der Waals surface area contributed by atoms with Crippen LogP contribution < -0.4 is 5.32 Å². The van der Waals surface area contributed by atoms with Crippen LogP contribution in [0, 0.1) is 11.8 Å². The van der Waals surface area contributed by atoms with Crippen LogP contribution in [0.3, 0.4) is 0 Å². The zero-order valence-electron chi connectivity index (χ0n) is 14.4. The largest absolute Gasteiger partial charge is 0.459 e. The molecule has 0 unspecified atom stereocenters. The monoisotopic (exact) mass is 429 g/mol. The average Bonchev–Trinajstić information content (AvgIpc) is 3.07. The first-order chi connectivity index (χ1) is 12.7. The molecule has 0 spiro atoms. The Morgan fingerprint density at radius 2 is 1.96 bits per heavy atom. The number of ether oxygens (including phenoxy) is 1. The topological polar surface area (TPSA) is 81.2 Å². The molecule has 1 aliphatic rings. The third-order valence-electron chi connectivity index (χ3n) is 4.04. The van der Waals surface area contributed by atoms with Crippen molar-refractivity contribution in [2.24, 2.45) is 11.8 Å². The van der Waals surface area contributed by atoms with Gasteiger partial charge in [-0.05, 0) is 18.6 Å². The number of anilines is 1. The molecule has 2 atom stereocenters. The van der Waals surface area contributed by atoms with E-state index in [0.717, 1.165) is 5.75 Å². The Morgan fingerprint density at radius 3 is 2.59 bits per heavy atom. The van der Waals surface area contributed by atoms with Crippen LogP contribution in [0.1, 0.15) is 32.6 Å². The van der Waals surface area contributed by atoms with Crippen molar-refractivity contribution >= 4 is 40.1 Å². The van der Waals surface area contributed by atoms with Gasteiger partial charge in [-0.3, -0.25) is 9.59 Å². The van der Waals surface area contributed by atoms with E-state index in [9.17, 15) is 27.2 Å². The van der Waals surface area contributed by atoms with E-state index in [0.29, 0.717) is 23.6 Å². The minimum atomic E-state index is -4.41. The first-order valence-corrected chi connectivity index (χ1v) is 10.1. The second-order valence-corrected chi connectivity index (χ2v) is 8.45. The van der Waals surface area contributed by atoms with Crippen molar-refractivity contribution in [1.82, 2.24) is 10.2 Å². The van der Waals surface area contributed by atoms with Gasteiger partial charge in [0.2, 0.25) is 11.0 Å². The number of hydrogen-bond acceptors (Lipinski definition) is 7. The van der Waals surface area contributed by atoms with E-state index >= 15 is 0 Å². The van der Waals surface area contributed by atoms with E-state index in [1.807, 2.05) is 6.92 Å². The summed E-state index contributed by atoms with van der Waals surface area (Å²) < 4.78 is 55.4. The standard InChI is InChI=1S/C15H19F4N3O3S2/c1-2-26-14-22-21-13(27-14)20-10(23)8-5-3-4-6-9(8)11(24)25-7-15(18,19)12(16)17/h8-9,12H,2-7H2,1H3,(H,20,21,23)/t8-,9-/m1/s1. The molecule has 1 aromatic rings. The highest BCUT2D eigenvalue weighted by Crippen LogP contribution is 2.34. The first kappa shape index (κ1) is 21.9. The lowest BCUT2D eigenvalue weighted by atomic mass is 9.78. The molecule has 1 heterocycles. The predicted octanol–water partition coefficient (Wildman–Crippen LogP) is 3.84. The van der Waals surface area contributed by atoms with Crippen molar-refractivity contribution in [3.05, 3.63) is 0 Å². The van der Waals surface area contributed by atoms with Gasteiger partial charge in [-0.25, -0.2) is 8.78 Å². The highest BCUT2D eigenvalue weighted by atomic mass is 32.2. The van der Waals surface area contributed by atoms with Gasteiger partial charge in [0.1, 0.15) is 0 Å². The molecule has 1 aliphatic carbocycles. The Bertz CT molecular complexity index is 660. The number of nitrogens with one attached hydrogen (secondary N) is 1. The van der Waals surface area contributed by atoms with Gasteiger partial charge < -0.3 is 10.1 Å². The Kier molecular flexibility index (Phi) is 7.83. The van der Waals surface area contributed by atoms with Crippen LogP contribution >= 0.6 is 23.1 Å². The number of carbonyl (C=O) groups excluding carboxylic acids is 2. The number of esters is 1. The van der Waals surface area contributed by atoms with Gasteiger partial charge in [-0.1, -0.05) is 42.9 Å². The number of hydrogen-bond donors (Lipinski definition) is 1. The second kappa shape index (κ2) is 9.67. The van der Waals surface area contributed by atoms with Gasteiger partial charge in [-0.15, -0.1) is 10.2 Å². The summed E-state index contributed by atoms with van der Waals surface area (Å²) in [5, 5.41) is 10.6. The molecule has 27 heavy (non-hydrogen) atoms. The molecule has 0 aromatic carbocycles. The SMILES string of the molecule is CCSc1nnc(NC(=O)[C@@H]2CCCC[C@H]2C(=O)OCC(F)(F)C(F)F)s1. The zero-order chi connectivity index (χ0) is 20.0. The number of halogens is 4. The summed E-state index contributed by atoms with van der Waals surface area (Å²) in [6.45, 7) is 0.239. The minimum absolute atomic E-state index is 0.268. The zero-order valence-corrected chi connectivity index (χ0v) is 16.1. The molecule has 1 N–H and O–H groups in total. The fourth-order valence-corrected chi connectivity index (χ4v) is 4.36. The summed E-state index contributed by atoms with van der Waals surface area (Å²) in [5.41, 5.74) is 0. The first-order valence-electron chi connectivity index (χ1n) is 8.34. The highest BCUT2D eigenvalue weighted by molar-refractivity contribution is 8.01. The van der Waals surface area contributed by atoms with Crippen LogP contribution in [0.4, 0.5) is 22.7 Å². The number of carbonyl (C=O) groups is 2. The number of amides is 1. The third kappa shape index (κ3) is 6.03. The Hall–Kier alpha value is -1.43. The van der Waals surface area contributed by atoms with Crippen LogP contribution in [0.5, 0.6) is 0 Å². The van der Waals surface area contributed by atoms with Crippen LogP contribution in [-0.2, 0) is 14.3 Å². The van der Waals surface area contributed by atoms with E-state index in [4.69, 9.17) is 0 Å². The average molecular weight is 429 g/mol. The fourth-order valence-electron chi connectivity index (χ4n) is 2.70. The van der Waals surface area contributed by atoms with E-state index < -0.39 is 42.7 Å². The lowest BCUT2D eigenvalue weighted by Gasteiger charge is -2.29. The van der Waals surface area contributed by atoms with E-state index in [1.54, 1.807) is 0 Å². The van der Waals surface area contributed by atoms with Crippen LogP contribution in [0.2, 0.25) is 0 Å². The van der Waals surface area contributed by atoms with Gasteiger partial charge in [0, 0.05) is 0 Å². The Morgan fingerprint density at radius 1 is 1.30 bits per heavy atom. The van der Waals surface area contributed by atoms with Gasteiger partial charge >= 0.3 is 18.3 Å². The normalized spacial score (nSPS) is 20.5. The van der Waals surface area contributed by atoms with Crippen molar-refractivity contribution in [2.45, 2.75) is 49.3 Å². The van der Waals surface area contributed by atoms with Gasteiger partial charge in [0.05, 0.1) is 11.8 Å². The molecule has 2 rings (SSSR count). The maximum atomic E-state index is 13.0. The van der Waals surface area contributed by atoms with Gasteiger partial charge in [0.15, 0.2) is 10.9 Å². The maximum Gasteiger partial charge on any atom is 0.340 e. The minimum Gasteiger partial charge on any atom is -0.459 e. The fraction of sp³-hybridized carbons (Fsp3) is 0.733. The van der Waals surface area contributed by atoms with Crippen molar-refractivity contribution < 1.29 is 31.9 Å². The Balaban J connectivity index is 1.98. The lowest BCUT2D eigenvalue weighted by Crippen LogP contribution is -2.39. The molecule has 0 saturated heterocycles. The Labute approximate surface area is 161 Å². The molecular formula is C15H19F4N3O3S2. The molecule has 0 radical (unpaired) electrons.